The van der Waals surface area contributed by atoms with Gasteiger partial charge in [-0.1, -0.05) is 36.5 Å². The first kappa shape index (κ1) is 20.4. The predicted octanol–water partition coefficient (Wildman–Crippen LogP) is 3.79. The smallest absolute Gasteiger partial charge is 0.261 e. The fourth-order valence-electron chi connectivity index (χ4n) is 3.07. The average Bonchev–Trinajstić information content (AvgIpc) is 2.62. The van der Waals surface area contributed by atoms with Gasteiger partial charge in [0.1, 0.15) is 0 Å². The summed E-state index contributed by atoms with van der Waals surface area (Å²) in [7, 11) is 1.54. The number of carbonyl (C=O) groups is 1. The molecule has 1 aliphatic carbocycles. The van der Waals surface area contributed by atoms with Crippen molar-refractivity contribution in [2.24, 2.45) is 11.1 Å². The summed E-state index contributed by atoms with van der Waals surface area (Å²) in [4.78, 5) is 17.1. The monoisotopic (exact) mass is 382 g/mol. The van der Waals surface area contributed by atoms with Gasteiger partial charge in [0.05, 0.1) is 25.0 Å². The number of oxime groups is 1. The maximum atomic E-state index is 12.0. The molecule has 0 heterocycles. The van der Waals surface area contributed by atoms with E-state index in [2.05, 4.69) is 17.4 Å². The van der Waals surface area contributed by atoms with Crippen LogP contribution in [-0.2, 0) is 9.63 Å². The molecule has 144 valence electrons. The van der Waals surface area contributed by atoms with Gasteiger partial charge in [0.2, 0.25) is 0 Å². The van der Waals surface area contributed by atoms with Crippen LogP contribution in [0.25, 0.3) is 0 Å². The van der Waals surface area contributed by atoms with Gasteiger partial charge in [0.25, 0.3) is 5.91 Å². The van der Waals surface area contributed by atoms with E-state index in [9.17, 15) is 4.79 Å². The maximum absolute atomic E-state index is 12.0. The molecule has 1 aromatic rings. The summed E-state index contributed by atoms with van der Waals surface area (Å²) in [5, 5.41) is 7.29. The molecular formula is C19H27ClN2O4. The van der Waals surface area contributed by atoms with Gasteiger partial charge in [-0.05, 0) is 37.8 Å². The van der Waals surface area contributed by atoms with Crippen LogP contribution in [0.2, 0.25) is 5.02 Å². The van der Waals surface area contributed by atoms with Crippen molar-refractivity contribution < 1.29 is 19.1 Å². The molecule has 0 aliphatic heterocycles. The zero-order valence-corrected chi connectivity index (χ0v) is 16.3. The molecule has 1 fully saturated rings. The van der Waals surface area contributed by atoms with Crippen LogP contribution in [0.15, 0.2) is 17.3 Å². The Morgan fingerprint density at radius 2 is 2.15 bits per heavy atom. The minimum absolute atomic E-state index is 0.110. The van der Waals surface area contributed by atoms with Crippen LogP contribution in [-0.4, -0.2) is 38.5 Å². The Bertz CT molecular complexity index is 636. The molecule has 0 unspecified atom stereocenters. The van der Waals surface area contributed by atoms with E-state index in [1.165, 1.54) is 12.6 Å². The fourth-order valence-corrected chi connectivity index (χ4v) is 3.35. The number of methoxy groups -OCH3 is 1. The summed E-state index contributed by atoms with van der Waals surface area (Å²) >= 11 is 6.21. The van der Waals surface area contributed by atoms with Gasteiger partial charge >= 0.3 is 0 Å². The average molecular weight is 383 g/mol. The van der Waals surface area contributed by atoms with Crippen LogP contribution in [0, 0.1) is 5.92 Å². The highest BCUT2D eigenvalue weighted by atomic mass is 35.5. The molecule has 1 amide bonds. The van der Waals surface area contributed by atoms with E-state index in [-0.39, 0.29) is 18.6 Å². The Morgan fingerprint density at radius 3 is 2.85 bits per heavy atom. The van der Waals surface area contributed by atoms with E-state index in [0.29, 0.717) is 34.6 Å². The van der Waals surface area contributed by atoms with E-state index >= 15 is 0 Å². The number of nitrogens with zero attached hydrogens (tertiary/aromatic N) is 1. The Labute approximate surface area is 159 Å². The molecule has 0 spiro atoms. The van der Waals surface area contributed by atoms with Gasteiger partial charge in [0, 0.05) is 11.6 Å². The highest BCUT2D eigenvalue weighted by molar-refractivity contribution is 6.32. The number of carbonyl (C=O) groups excluding carboxylic acids is 1. The lowest BCUT2D eigenvalue weighted by molar-refractivity contribution is -0.126. The fraction of sp³-hybridized carbons (Fsp3) is 0.579. The minimum Gasteiger partial charge on any atom is -0.493 e. The SMILES string of the molecule is CCOc1c(Cl)cc(/C=N\OCC(=O)N[C@H]2CCCC[C@@H]2C)cc1OC. The van der Waals surface area contributed by atoms with E-state index in [4.69, 9.17) is 25.9 Å². The number of hydrogen-bond acceptors (Lipinski definition) is 5. The Morgan fingerprint density at radius 1 is 1.38 bits per heavy atom. The molecule has 1 saturated carbocycles. The topological polar surface area (TPSA) is 69.2 Å². The van der Waals surface area contributed by atoms with Crippen molar-refractivity contribution in [1.82, 2.24) is 5.32 Å². The van der Waals surface area contributed by atoms with Crippen LogP contribution in [0.1, 0.15) is 45.1 Å². The Kier molecular flexibility index (Phi) is 8.04. The lowest BCUT2D eigenvalue weighted by Crippen LogP contribution is -2.42. The van der Waals surface area contributed by atoms with Gasteiger partial charge < -0.3 is 19.6 Å². The molecule has 2 atom stereocenters. The summed E-state index contributed by atoms with van der Waals surface area (Å²) in [5.74, 6) is 1.37. The number of rotatable bonds is 8. The van der Waals surface area contributed by atoms with E-state index < -0.39 is 0 Å². The molecule has 7 heteroatoms. The van der Waals surface area contributed by atoms with Gasteiger partial charge in [0.15, 0.2) is 18.1 Å². The number of nitrogens with one attached hydrogen (secondary N) is 1. The van der Waals surface area contributed by atoms with Crippen LogP contribution >= 0.6 is 11.6 Å². The van der Waals surface area contributed by atoms with Gasteiger partial charge in [-0.2, -0.15) is 0 Å². The largest absolute Gasteiger partial charge is 0.493 e. The van der Waals surface area contributed by atoms with Crippen LogP contribution < -0.4 is 14.8 Å². The van der Waals surface area contributed by atoms with Gasteiger partial charge in [-0.15, -0.1) is 0 Å². The molecular weight excluding hydrogens is 356 g/mol. The maximum Gasteiger partial charge on any atom is 0.261 e. The highest BCUT2D eigenvalue weighted by Crippen LogP contribution is 2.36. The molecule has 0 bridgehead atoms. The predicted molar refractivity (Wildman–Crippen MR) is 102 cm³/mol. The van der Waals surface area contributed by atoms with E-state index in [1.54, 1.807) is 19.2 Å². The second-order valence-corrected chi connectivity index (χ2v) is 6.82. The molecule has 0 saturated heterocycles. The molecule has 1 aliphatic rings. The zero-order valence-electron chi connectivity index (χ0n) is 15.6. The Balaban J connectivity index is 1.86. The summed E-state index contributed by atoms with van der Waals surface area (Å²) in [6.07, 6.45) is 6.07. The van der Waals surface area contributed by atoms with Crippen molar-refractivity contribution in [3.8, 4) is 11.5 Å². The standard InChI is InChI=1S/C19H27ClN2O4/c1-4-25-19-15(20)9-14(10-17(19)24-3)11-21-26-12-18(23)22-16-8-6-5-7-13(16)2/h9-11,13,16H,4-8,12H2,1-3H3,(H,22,23)/b21-11-/t13-,16-/m0/s1. The molecule has 0 radical (unpaired) electrons. The van der Waals surface area contributed by atoms with Crippen LogP contribution in [0.4, 0.5) is 0 Å². The molecule has 0 aromatic heterocycles. The first-order valence-electron chi connectivity index (χ1n) is 9.00. The molecule has 2 rings (SSSR count). The number of ether oxygens (including phenoxy) is 2. The van der Waals surface area contributed by atoms with Crippen molar-refractivity contribution in [2.75, 3.05) is 20.3 Å². The summed E-state index contributed by atoms with van der Waals surface area (Å²) < 4.78 is 10.7. The third-order valence-corrected chi connectivity index (χ3v) is 4.75. The summed E-state index contributed by atoms with van der Waals surface area (Å²) in [6.45, 7) is 4.42. The second kappa shape index (κ2) is 10.3. The first-order valence-corrected chi connectivity index (χ1v) is 9.38. The van der Waals surface area contributed by atoms with Crippen LogP contribution in [0.5, 0.6) is 11.5 Å². The van der Waals surface area contributed by atoms with E-state index in [0.717, 1.165) is 19.3 Å². The number of benzene rings is 1. The Hall–Kier alpha value is -1.95. The van der Waals surface area contributed by atoms with Crippen molar-refractivity contribution in [3.05, 3.63) is 22.7 Å². The van der Waals surface area contributed by atoms with Crippen molar-refractivity contribution in [3.63, 3.8) is 0 Å². The lowest BCUT2D eigenvalue weighted by Gasteiger charge is -2.29. The summed E-state index contributed by atoms with van der Waals surface area (Å²) in [5.41, 5.74) is 0.691. The molecule has 1 aromatic carbocycles. The zero-order chi connectivity index (χ0) is 18.9. The van der Waals surface area contributed by atoms with Crippen LogP contribution in [0.3, 0.4) is 0 Å². The van der Waals surface area contributed by atoms with Crippen molar-refractivity contribution in [2.45, 2.75) is 45.6 Å². The number of halogens is 1. The summed E-state index contributed by atoms with van der Waals surface area (Å²) in [6, 6.07) is 3.68. The lowest BCUT2D eigenvalue weighted by atomic mass is 9.86. The van der Waals surface area contributed by atoms with E-state index in [1.807, 2.05) is 6.92 Å². The third-order valence-electron chi connectivity index (χ3n) is 4.47. The second-order valence-electron chi connectivity index (χ2n) is 6.41. The number of amides is 1. The number of hydrogen-bond donors (Lipinski definition) is 1. The molecule has 1 N–H and O–H groups in total. The third kappa shape index (κ3) is 5.80. The van der Waals surface area contributed by atoms with Gasteiger partial charge in [-0.3, -0.25) is 4.79 Å². The van der Waals surface area contributed by atoms with Gasteiger partial charge in [-0.25, -0.2) is 0 Å². The molecule has 26 heavy (non-hydrogen) atoms. The van der Waals surface area contributed by atoms with Crippen molar-refractivity contribution in [1.29, 1.82) is 0 Å². The first-order chi connectivity index (χ1) is 12.5. The highest BCUT2D eigenvalue weighted by Gasteiger charge is 2.22. The minimum atomic E-state index is -0.150. The van der Waals surface area contributed by atoms with Crippen molar-refractivity contribution >= 4 is 23.7 Å². The quantitative estimate of drug-likeness (QED) is 0.548. The normalized spacial score (nSPS) is 20.0. The molecule has 6 nitrogen and oxygen atoms in total.